The van der Waals surface area contributed by atoms with Crippen molar-refractivity contribution in [2.75, 3.05) is 45.7 Å². The summed E-state index contributed by atoms with van der Waals surface area (Å²) in [7, 11) is 3.24. The molecule has 0 aromatic heterocycles. The van der Waals surface area contributed by atoms with Gasteiger partial charge in [0.2, 0.25) is 11.8 Å². The van der Waals surface area contributed by atoms with Crippen molar-refractivity contribution in [2.24, 2.45) is 0 Å². The van der Waals surface area contributed by atoms with Crippen molar-refractivity contribution in [3.05, 3.63) is 29.8 Å². The molecule has 1 aliphatic carbocycles. The van der Waals surface area contributed by atoms with Gasteiger partial charge in [0.1, 0.15) is 0 Å². The lowest BCUT2D eigenvalue weighted by molar-refractivity contribution is -0.123. The van der Waals surface area contributed by atoms with E-state index in [1.54, 1.807) is 43.3 Å². The number of ether oxygens (including phenoxy) is 1. The molecule has 0 aliphatic heterocycles. The Labute approximate surface area is 153 Å². The minimum atomic E-state index is -0.288. The van der Waals surface area contributed by atoms with E-state index >= 15 is 0 Å². The van der Waals surface area contributed by atoms with Gasteiger partial charge in [-0.05, 0) is 32.0 Å². The molecule has 3 amide bonds. The zero-order valence-corrected chi connectivity index (χ0v) is 15.2. The van der Waals surface area contributed by atoms with Crippen molar-refractivity contribution in [3.63, 3.8) is 0 Å². The summed E-state index contributed by atoms with van der Waals surface area (Å²) in [4.78, 5) is 37.8. The summed E-state index contributed by atoms with van der Waals surface area (Å²) in [5.41, 5.74) is 0.904. The first-order chi connectivity index (χ1) is 12.5. The number of nitrogens with zero attached hydrogens (tertiary/aromatic N) is 1. The van der Waals surface area contributed by atoms with Gasteiger partial charge in [-0.3, -0.25) is 19.3 Å². The monoisotopic (exact) mass is 362 g/mol. The molecule has 8 nitrogen and oxygen atoms in total. The molecule has 26 heavy (non-hydrogen) atoms. The molecule has 0 bridgehead atoms. The molecule has 1 aromatic carbocycles. The van der Waals surface area contributed by atoms with Crippen LogP contribution in [-0.2, 0) is 14.3 Å². The van der Waals surface area contributed by atoms with Crippen LogP contribution >= 0.6 is 0 Å². The van der Waals surface area contributed by atoms with Crippen LogP contribution in [0.5, 0.6) is 0 Å². The van der Waals surface area contributed by atoms with Crippen LogP contribution in [0.2, 0.25) is 0 Å². The van der Waals surface area contributed by atoms with Crippen LogP contribution in [0.25, 0.3) is 0 Å². The average Bonchev–Trinajstić information content (AvgIpc) is 3.39. The number of amides is 3. The molecule has 0 heterocycles. The SMILES string of the molecule is COCCNC(=O)CN(C)CC(=O)Nc1ccccc1C(=O)NC1CC1. The minimum absolute atomic E-state index is 0.0380. The van der Waals surface area contributed by atoms with Crippen molar-refractivity contribution in [2.45, 2.75) is 18.9 Å². The number of para-hydroxylation sites is 1. The van der Waals surface area contributed by atoms with Crippen molar-refractivity contribution >= 4 is 23.4 Å². The van der Waals surface area contributed by atoms with Crippen molar-refractivity contribution in [1.29, 1.82) is 0 Å². The van der Waals surface area contributed by atoms with E-state index in [1.165, 1.54) is 0 Å². The number of rotatable bonds is 10. The maximum Gasteiger partial charge on any atom is 0.253 e. The Kier molecular flexibility index (Phi) is 7.55. The molecular formula is C18H26N4O4. The number of methoxy groups -OCH3 is 1. The third-order valence-corrected chi connectivity index (χ3v) is 3.81. The highest BCUT2D eigenvalue weighted by molar-refractivity contribution is 6.04. The second-order valence-electron chi connectivity index (χ2n) is 6.36. The standard InChI is InChI=1S/C18H26N4O4/c1-22(11-16(23)19-9-10-26-2)12-17(24)21-15-6-4-3-5-14(15)18(25)20-13-7-8-13/h3-6,13H,7-12H2,1-2H3,(H,19,23)(H,20,25)(H,21,24). The number of benzene rings is 1. The first-order valence-corrected chi connectivity index (χ1v) is 8.63. The first-order valence-electron chi connectivity index (χ1n) is 8.63. The van der Waals surface area contributed by atoms with Crippen LogP contribution in [0.3, 0.4) is 0 Å². The topological polar surface area (TPSA) is 99.8 Å². The predicted octanol–water partition coefficient (Wildman–Crippen LogP) is 0.212. The number of nitrogens with one attached hydrogen (secondary N) is 3. The number of anilines is 1. The Morgan fingerprint density at radius 1 is 1.15 bits per heavy atom. The molecule has 0 atom stereocenters. The Morgan fingerprint density at radius 2 is 1.85 bits per heavy atom. The van der Waals surface area contributed by atoms with E-state index in [2.05, 4.69) is 16.0 Å². The lowest BCUT2D eigenvalue weighted by atomic mass is 10.1. The van der Waals surface area contributed by atoms with E-state index in [9.17, 15) is 14.4 Å². The van der Waals surface area contributed by atoms with Crippen LogP contribution in [-0.4, -0.2) is 69.1 Å². The van der Waals surface area contributed by atoms with Gasteiger partial charge in [-0.25, -0.2) is 0 Å². The van der Waals surface area contributed by atoms with E-state index in [0.717, 1.165) is 12.8 Å². The quantitative estimate of drug-likeness (QED) is 0.517. The van der Waals surface area contributed by atoms with Gasteiger partial charge in [0.15, 0.2) is 0 Å². The summed E-state index contributed by atoms with van der Waals surface area (Å²) >= 11 is 0. The summed E-state index contributed by atoms with van der Waals surface area (Å²) in [5, 5.41) is 8.35. The molecule has 0 saturated heterocycles. The highest BCUT2D eigenvalue weighted by Gasteiger charge is 2.25. The summed E-state index contributed by atoms with van der Waals surface area (Å²) in [5.74, 6) is -0.653. The minimum Gasteiger partial charge on any atom is -0.383 e. The Morgan fingerprint density at radius 3 is 2.54 bits per heavy atom. The molecule has 8 heteroatoms. The van der Waals surface area contributed by atoms with Gasteiger partial charge < -0.3 is 20.7 Å². The van der Waals surface area contributed by atoms with Gasteiger partial charge in [-0.2, -0.15) is 0 Å². The van der Waals surface area contributed by atoms with Crippen molar-refractivity contribution < 1.29 is 19.1 Å². The largest absolute Gasteiger partial charge is 0.383 e. The number of carbonyl (C=O) groups is 3. The summed E-state index contributed by atoms with van der Waals surface area (Å²) in [6, 6.07) is 7.14. The van der Waals surface area contributed by atoms with Crippen LogP contribution in [0.1, 0.15) is 23.2 Å². The van der Waals surface area contributed by atoms with E-state index in [0.29, 0.717) is 24.4 Å². The van der Waals surface area contributed by atoms with Crippen molar-refractivity contribution in [1.82, 2.24) is 15.5 Å². The van der Waals surface area contributed by atoms with Gasteiger partial charge in [0, 0.05) is 19.7 Å². The van der Waals surface area contributed by atoms with E-state index in [-0.39, 0.29) is 36.9 Å². The third-order valence-electron chi connectivity index (χ3n) is 3.81. The molecule has 0 spiro atoms. The molecule has 0 radical (unpaired) electrons. The van der Waals surface area contributed by atoms with Gasteiger partial charge >= 0.3 is 0 Å². The zero-order valence-electron chi connectivity index (χ0n) is 15.2. The second-order valence-corrected chi connectivity index (χ2v) is 6.36. The summed E-state index contributed by atoms with van der Waals surface area (Å²) in [6.45, 7) is 1.01. The summed E-state index contributed by atoms with van der Waals surface area (Å²) in [6.07, 6.45) is 2.00. The van der Waals surface area contributed by atoms with E-state index in [1.807, 2.05) is 0 Å². The molecule has 142 valence electrons. The molecule has 2 rings (SSSR count). The van der Waals surface area contributed by atoms with Crippen LogP contribution in [0, 0.1) is 0 Å². The van der Waals surface area contributed by atoms with Crippen molar-refractivity contribution in [3.8, 4) is 0 Å². The van der Waals surface area contributed by atoms with Crippen LogP contribution < -0.4 is 16.0 Å². The molecule has 3 N–H and O–H groups in total. The van der Waals surface area contributed by atoms with Gasteiger partial charge in [-0.1, -0.05) is 12.1 Å². The second kappa shape index (κ2) is 9.88. The van der Waals surface area contributed by atoms with E-state index in [4.69, 9.17) is 4.74 Å². The highest BCUT2D eigenvalue weighted by atomic mass is 16.5. The third kappa shape index (κ3) is 6.81. The molecule has 1 fully saturated rings. The number of carbonyl (C=O) groups excluding carboxylic acids is 3. The average molecular weight is 362 g/mol. The van der Waals surface area contributed by atoms with Gasteiger partial charge in [-0.15, -0.1) is 0 Å². The zero-order chi connectivity index (χ0) is 18.9. The number of hydrogen-bond acceptors (Lipinski definition) is 5. The molecule has 1 aliphatic rings. The summed E-state index contributed by atoms with van der Waals surface area (Å²) < 4.78 is 4.86. The molecule has 1 saturated carbocycles. The fourth-order valence-electron chi connectivity index (χ4n) is 2.37. The first kappa shape index (κ1) is 19.9. The normalized spacial score (nSPS) is 13.3. The van der Waals surface area contributed by atoms with Gasteiger partial charge in [0.05, 0.1) is 30.9 Å². The molecule has 1 aromatic rings. The highest BCUT2D eigenvalue weighted by Crippen LogP contribution is 2.21. The lowest BCUT2D eigenvalue weighted by Gasteiger charge is -2.17. The Hall–Kier alpha value is -2.45. The van der Waals surface area contributed by atoms with Gasteiger partial charge in [0.25, 0.3) is 5.91 Å². The maximum absolute atomic E-state index is 12.3. The fraction of sp³-hybridized carbons (Fsp3) is 0.500. The lowest BCUT2D eigenvalue weighted by Crippen LogP contribution is -2.40. The number of hydrogen-bond donors (Lipinski definition) is 3. The smallest absolute Gasteiger partial charge is 0.253 e. The van der Waals surface area contributed by atoms with E-state index < -0.39 is 0 Å². The maximum atomic E-state index is 12.3. The Balaban J connectivity index is 1.83. The Bertz CT molecular complexity index is 646. The fourth-order valence-corrected chi connectivity index (χ4v) is 2.37. The predicted molar refractivity (Wildman–Crippen MR) is 97.9 cm³/mol. The number of likely N-dealkylation sites (N-methyl/N-ethyl adjacent to an activating group) is 1. The van der Waals surface area contributed by atoms with Crippen LogP contribution in [0.15, 0.2) is 24.3 Å². The molecular weight excluding hydrogens is 336 g/mol. The molecule has 0 unspecified atom stereocenters. The van der Waals surface area contributed by atoms with Crippen LogP contribution in [0.4, 0.5) is 5.69 Å².